The minimum absolute atomic E-state index is 0.0278. The molecule has 0 spiro atoms. The maximum Gasteiger partial charge on any atom is 0.311 e. The standard InChI is InChI=1S/C42H62O8/c1-3-5-7-9-11-13-15-17-21-33-47-35-25-29-37(43)39(31-27-35)49-41(45)23-19-20-24-42(46)50-40-32-28-36(26-30-38(40)44)48-34-22-18-16-14-12-10-8-6-4-2/h25-32H,3-24,33-34H2,1-2H3. The maximum absolute atomic E-state index is 12.4. The van der Waals surface area contributed by atoms with E-state index in [-0.39, 0.29) is 24.3 Å². The van der Waals surface area contributed by atoms with E-state index in [9.17, 15) is 19.2 Å². The third kappa shape index (κ3) is 20.7. The van der Waals surface area contributed by atoms with Crippen LogP contribution in [-0.2, 0) is 9.59 Å². The van der Waals surface area contributed by atoms with E-state index in [1.54, 1.807) is 24.3 Å². The SMILES string of the molecule is CCCCCCCCCCCOc1ccc(OC(=O)CCCCC(=O)Oc2ccc(OCCCCCCCCCCC)ccc2=O)c(=O)cc1. The summed E-state index contributed by atoms with van der Waals surface area (Å²) < 4.78 is 22.2. The molecule has 2 aromatic rings. The molecule has 0 fully saturated rings. The number of esters is 2. The average molecular weight is 695 g/mol. The summed E-state index contributed by atoms with van der Waals surface area (Å²) >= 11 is 0. The Labute approximate surface area is 300 Å². The molecule has 2 aromatic carbocycles. The van der Waals surface area contributed by atoms with E-state index in [1.165, 1.54) is 114 Å². The zero-order valence-electron chi connectivity index (χ0n) is 30.9. The average Bonchev–Trinajstić information content (AvgIpc) is 3.39. The van der Waals surface area contributed by atoms with Crippen molar-refractivity contribution in [1.29, 1.82) is 0 Å². The lowest BCUT2D eigenvalue weighted by Gasteiger charge is -2.05. The molecule has 8 nitrogen and oxygen atoms in total. The topological polar surface area (TPSA) is 105 Å². The number of hydrogen-bond donors (Lipinski definition) is 0. The second-order valence-corrected chi connectivity index (χ2v) is 13.1. The molecule has 0 aliphatic rings. The number of unbranched alkanes of at least 4 members (excludes halogenated alkanes) is 17. The summed E-state index contributed by atoms with van der Waals surface area (Å²) in [5, 5.41) is 0. The number of carbonyl (C=O) groups is 2. The van der Waals surface area contributed by atoms with Crippen LogP contribution >= 0.6 is 0 Å². The zero-order valence-corrected chi connectivity index (χ0v) is 30.9. The minimum Gasteiger partial charge on any atom is -0.494 e. The summed E-state index contributed by atoms with van der Waals surface area (Å²) in [5.41, 5.74) is -0.831. The van der Waals surface area contributed by atoms with Crippen molar-refractivity contribution in [3.8, 4) is 23.0 Å². The van der Waals surface area contributed by atoms with Crippen LogP contribution in [0.2, 0.25) is 0 Å². The quantitative estimate of drug-likeness (QED) is 0.0612. The summed E-state index contributed by atoms with van der Waals surface area (Å²) in [6.07, 6.45) is 22.9. The highest BCUT2D eigenvalue weighted by atomic mass is 16.5. The minimum atomic E-state index is -0.564. The normalized spacial score (nSPS) is 10.8. The summed E-state index contributed by atoms with van der Waals surface area (Å²) in [7, 11) is 0. The van der Waals surface area contributed by atoms with Crippen LogP contribution in [0.3, 0.4) is 0 Å². The molecule has 8 heteroatoms. The molecule has 0 atom stereocenters. The van der Waals surface area contributed by atoms with Crippen molar-refractivity contribution in [2.24, 2.45) is 0 Å². The fourth-order valence-corrected chi connectivity index (χ4v) is 5.52. The first-order valence-electron chi connectivity index (χ1n) is 19.4. The Hall–Kier alpha value is -3.68. The van der Waals surface area contributed by atoms with Gasteiger partial charge in [-0.25, -0.2) is 0 Å². The van der Waals surface area contributed by atoms with Crippen LogP contribution < -0.4 is 29.8 Å². The van der Waals surface area contributed by atoms with Crippen molar-refractivity contribution < 1.29 is 28.5 Å². The van der Waals surface area contributed by atoms with Crippen LogP contribution in [-0.4, -0.2) is 25.2 Å². The molecule has 0 saturated carbocycles. The van der Waals surface area contributed by atoms with Gasteiger partial charge in [-0.2, -0.15) is 0 Å². The molecule has 278 valence electrons. The third-order valence-corrected chi connectivity index (χ3v) is 8.57. The highest BCUT2D eigenvalue weighted by molar-refractivity contribution is 5.73. The van der Waals surface area contributed by atoms with E-state index < -0.39 is 22.8 Å². The lowest BCUT2D eigenvalue weighted by molar-refractivity contribution is -0.136. The van der Waals surface area contributed by atoms with Crippen LogP contribution in [0.5, 0.6) is 23.0 Å². The lowest BCUT2D eigenvalue weighted by Crippen LogP contribution is -2.14. The molecule has 0 bridgehead atoms. The number of hydrogen-bond acceptors (Lipinski definition) is 8. The van der Waals surface area contributed by atoms with Gasteiger partial charge in [0.2, 0.25) is 10.9 Å². The Bertz CT molecular complexity index is 1240. The van der Waals surface area contributed by atoms with Gasteiger partial charge in [0.15, 0.2) is 11.5 Å². The third-order valence-electron chi connectivity index (χ3n) is 8.57. The first-order chi connectivity index (χ1) is 24.4. The highest BCUT2D eigenvalue weighted by Crippen LogP contribution is 2.16. The number of carbonyl (C=O) groups excluding carboxylic acids is 2. The fraction of sp³-hybridized carbons (Fsp3) is 0.619. The number of rotatable bonds is 29. The molecule has 0 radical (unpaired) electrons. The van der Waals surface area contributed by atoms with Crippen LogP contribution in [0.15, 0.2) is 58.1 Å². The summed E-state index contributed by atoms with van der Waals surface area (Å²) in [6.45, 7) is 5.60. The molecular formula is C42H62O8. The van der Waals surface area contributed by atoms with Crippen molar-refractivity contribution in [1.82, 2.24) is 0 Å². The van der Waals surface area contributed by atoms with Gasteiger partial charge in [0.05, 0.1) is 13.2 Å². The van der Waals surface area contributed by atoms with Crippen LogP contribution in [0, 0.1) is 0 Å². The summed E-state index contributed by atoms with van der Waals surface area (Å²) in [4.78, 5) is 49.6. The van der Waals surface area contributed by atoms with E-state index in [0.29, 0.717) is 37.6 Å². The molecule has 0 amide bonds. The molecule has 0 N–H and O–H groups in total. The first kappa shape index (κ1) is 42.5. The molecule has 0 aliphatic carbocycles. The van der Waals surface area contributed by atoms with Crippen molar-refractivity contribution in [3.63, 3.8) is 0 Å². The Morgan fingerprint density at radius 1 is 0.420 bits per heavy atom. The molecular weight excluding hydrogens is 632 g/mol. The zero-order chi connectivity index (χ0) is 36.1. The van der Waals surface area contributed by atoms with Gasteiger partial charge in [-0.3, -0.25) is 19.2 Å². The predicted octanol–water partition coefficient (Wildman–Crippen LogP) is 10.3. The van der Waals surface area contributed by atoms with Crippen molar-refractivity contribution in [3.05, 3.63) is 69.0 Å². The molecule has 0 saturated heterocycles. The molecule has 0 heterocycles. The van der Waals surface area contributed by atoms with Gasteiger partial charge in [0, 0.05) is 12.8 Å². The van der Waals surface area contributed by atoms with E-state index in [2.05, 4.69) is 13.8 Å². The molecule has 0 aliphatic heterocycles. The van der Waals surface area contributed by atoms with Gasteiger partial charge < -0.3 is 18.9 Å². The molecule has 0 aromatic heterocycles. The van der Waals surface area contributed by atoms with Gasteiger partial charge in [-0.1, -0.05) is 117 Å². The van der Waals surface area contributed by atoms with E-state index in [1.807, 2.05) is 0 Å². The van der Waals surface area contributed by atoms with Crippen molar-refractivity contribution in [2.75, 3.05) is 13.2 Å². The van der Waals surface area contributed by atoms with Gasteiger partial charge in [0.25, 0.3) is 0 Å². The smallest absolute Gasteiger partial charge is 0.311 e. The van der Waals surface area contributed by atoms with Crippen LogP contribution in [0.4, 0.5) is 0 Å². The second-order valence-electron chi connectivity index (χ2n) is 13.1. The van der Waals surface area contributed by atoms with Gasteiger partial charge >= 0.3 is 11.9 Å². The number of ether oxygens (including phenoxy) is 4. The lowest BCUT2D eigenvalue weighted by atomic mass is 10.1. The van der Waals surface area contributed by atoms with Crippen LogP contribution in [0.1, 0.15) is 155 Å². The largest absolute Gasteiger partial charge is 0.494 e. The van der Waals surface area contributed by atoms with Gasteiger partial charge in [-0.05, 0) is 74.2 Å². The van der Waals surface area contributed by atoms with Crippen LogP contribution in [0.25, 0.3) is 0 Å². The van der Waals surface area contributed by atoms with Gasteiger partial charge in [-0.15, -0.1) is 0 Å². The fourth-order valence-electron chi connectivity index (χ4n) is 5.52. The Kier molecular flexibility index (Phi) is 23.8. The molecule has 0 unspecified atom stereocenters. The molecule has 50 heavy (non-hydrogen) atoms. The maximum atomic E-state index is 12.4. The van der Waals surface area contributed by atoms with E-state index in [0.717, 1.165) is 25.7 Å². The highest BCUT2D eigenvalue weighted by Gasteiger charge is 2.11. The second kappa shape index (κ2) is 28.1. The van der Waals surface area contributed by atoms with Crippen molar-refractivity contribution in [2.45, 2.75) is 155 Å². The van der Waals surface area contributed by atoms with E-state index in [4.69, 9.17) is 18.9 Å². The predicted molar refractivity (Wildman–Crippen MR) is 201 cm³/mol. The Morgan fingerprint density at radius 2 is 0.740 bits per heavy atom. The Balaban J connectivity index is 1.62. The summed E-state index contributed by atoms with van der Waals surface area (Å²) in [6, 6.07) is 12.0. The summed E-state index contributed by atoms with van der Waals surface area (Å²) in [5.74, 6) is -0.161. The van der Waals surface area contributed by atoms with Crippen molar-refractivity contribution >= 4 is 11.9 Å². The van der Waals surface area contributed by atoms with Gasteiger partial charge in [0.1, 0.15) is 11.5 Å². The molecule has 2 rings (SSSR count). The first-order valence-corrected chi connectivity index (χ1v) is 19.4. The Morgan fingerprint density at radius 3 is 1.10 bits per heavy atom. The van der Waals surface area contributed by atoms with E-state index >= 15 is 0 Å². The monoisotopic (exact) mass is 694 g/mol.